The van der Waals surface area contributed by atoms with Crippen molar-refractivity contribution in [2.24, 2.45) is 5.92 Å². The lowest BCUT2D eigenvalue weighted by Crippen LogP contribution is -2.47. The Morgan fingerprint density at radius 3 is 2.62 bits per heavy atom. The van der Waals surface area contributed by atoms with E-state index in [1.54, 1.807) is 0 Å². The molecule has 5 nitrogen and oxygen atoms in total. The molecule has 1 rings (SSSR count). The lowest BCUT2D eigenvalue weighted by Gasteiger charge is -2.24. The molecule has 0 radical (unpaired) electrons. The van der Waals surface area contributed by atoms with Crippen molar-refractivity contribution in [3.63, 3.8) is 0 Å². The predicted molar refractivity (Wildman–Crippen MR) is 60.1 cm³/mol. The Kier molecular flexibility index (Phi) is 4.29. The lowest BCUT2D eigenvalue weighted by molar-refractivity contribution is -0.149. The molecule has 1 fully saturated rings. The van der Waals surface area contributed by atoms with Gasteiger partial charge < -0.3 is 15.3 Å². The molecule has 5 heteroatoms. The van der Waals surface area contributed by atoms with Gasteiger partial charge in [0.1, 0.15) is 6.04 Å². The largest absolute Gasteiger partial charge is 0.480 e. The van der Waals surface area contributed by atoms with Crippen LogP contribution in [0.1, 0.15) is 27.2 Å². The predicted octanol–water partition coefficient (Wildman–Crippen LogP) is 0.306. The summed E-state index contributed by atoms with van der Waals surface area (Å²) in [6, 6.07) is -0.422. The number of likely N-dealkylation sites (tertiary alicyclic amines) is 1. The molecule has 1 saturated heterocycles. The number of amides is 1. The van der Waals surface area contributed by atoms with E-state index >= 15 is 0 Å². The SMILES string of the molecule is CC(C)NCC(=O)N1CCC(C)C1C(=O)O. The van der Waals surface area contributed by atoms with Crippen LogP contribution in [0.4, 0.5) is 0 Å². The third-order valence-electron chi connectivity index (χ3n) is 2.94. The van der Waals surface area contributed by atoms with Crippen LogP contribution in [0.5, 0.6) is 0 Å². The monoisotopic (exact) mass is 228 g/mol. The zero-order valence-corrected chi connectivity index (χ0v) is 10.1. The second-order valence-corrected chi connectivity index (χ2v) is 4.67. The summed E-state index contributed by atoms with van der Waals surface area (Å²) >= 11 is 0. The molecule has 2 atom stereocenters. The minimum Gasteiger partial charge on any atom is -0.480 e. The van der Waals surface area contributed by atoms with Crippen molar-refractivity contribution in [3.8, 4) is 0 Å². The molecule has 92 valence electrons. The minimum atomic E-state index is -0.900. The van der Waals surface area contributed by atoms with E-state index in [0.29, 0.717) is 6.54 Å². The highest BCUT2D eigenvalue weighted by molar-refractivity contribution is 5.85. The van der Waals surface area contributed by atoms with Crippen LogP contribution in [0.25, 0.3) is 0 Å². The number of hydrogen-bond acceptors (Lipinski definition) is 3. The molecule has 0 saturated carbocycles. The first-order valence-corrected chi connectivity index (χ1v) is 5.69. The summed E-state index contributed by atoms with van der Waals surface area (Å²) in [7, 11) is 0. The van der Waals surface area contributed by atoms with Crippen molar-refractivity contribution in [3.05, 3.63) is 0 Å². The molecule has 1 aliphatic rings. The summed E-state index contributed by atoms with van der Waals surface area (Å²) in [5.41, 5.74) is 0. The van der Waals surface area contributed by atoms with E-state index in [1.807, 2.05) is 20.8 Å². The van der Waals surface area contributed by atoms with Crippen LogP contribution in [0.15, 0.2) is 0 Å². The van der Waals surface area contributed by atoms with Crippen molar-refractivity contribution >= 4 is 11.9 Å². The number of hydrogen-bond donors (Lipinski definition) is 2. The van der Waals surface area contributed by atoms with E-state index in [-0.39, 0.29) is 24.4 Å². The average molecular weight is 228 g/mol. The molecule has 1 heterocycles. The standard InChI is InChI=1S/C11H20N2O3/c1-7(2)12-6-9(14)13-5-4-8(3)10(13)11(15)16/h7-8,10,12H,4-6H2,1-3H3,(H,15,16). The van der Waals surface area contributed by atoms with Gasteiger partial charge in [0, 0.05) is 12.6 Å². The van der Waals surface area contributed by atoms with Gasteiger partial charge in [-0.15, -0.1) is 0 Å². The molecule has 0 bridgehead atoms. The topological polar surface area (TPSA) is 69.6 Å². The van der Waals surface area contributed by atoms with Gasteiger partial charge in [0.2, 0.25) is 5.91 Å². The first kappa shape index (κ1) is 13.0. The fraction of sp³-hybridized carbons (Fsp3) is 0.818. The highest BCUT2D eigenvalue weighted by atomic mass is 16.4. The Balaban J connectivity index is 2.58. The highest BCUT2D eigenvalue weighted by Gasteiger charge is 2.39. The van der Waals surface area contributed by atoms with Gasteiger partial charge in [0.15, 0.2) is 0 Å². The lowest BCUT2D eigenvalue weighted by atomic mass is 10.0. The van der Waals surface area contributed by atoms with Crippen LogP contribution in [-0.4, -0.2) is 47.1 Å². The molecule has 16 heavy (non-hydrogen) atoms. The summed E-state index contributed by atoms with van der Waals surface area (Å²) in [4.78, 5) is 24.3. The molecule has 0 aromatic carbocycles. The molecule has 1 amide bonds. The van der Waals surface area contributed by atoms with Gasteiger partial charge in [-0.25, -0.2) is 4.79 Å². The number of carboxylic acids is 1. The zero-order chi connectivity index (χ0) is 12.3. The summed E-state index contributed by atoms with van der Waals surface area (Å²) in [6.07, 6.45) is 0.768. The molecule has 2 unspecified atom stereocenters. The highest BCUT2D eigenvalue weighted by Crippen LogP contribution is 2.23. The average Bonchev–Trinajstić information content (AvgIpc) is 2.56. The Morgan fingerprint density at radius 1 is 1.50 bits per heavy atom. The minimum absolute atomic E-state index is 0.0421. The normalized spacial score (nSPS) is 25.1. The van der Waals surface area contributed by atoms with Crippen molar-refractivity contribution in [2.75, 3.05) is 13.1 Å². The third-order valence-corrected chi connectivity index (χ3v) is 2.94. The van der Waals surface area contributed by atoms with Gasteiger partial charge in [-0.1, -0.05) is 20.8 Å². The Labute approximate surface area is 95.8 Å². The summed E-state index contributed by atoms with van der Waals surface area (Å²) < 4.78 is 0. The number of carbonyl (C=O) groups is 2. The fourth-order valence-corrected chi connectivity index (χ4v) is 2.00. The van der Waals surface area contributed by atoms with Crippen LogP contribution in [0, 0.1) is 5.92 Å². The first-order valence-electron chi connectivity index (χ1n) is 5.69. The molecule has 2 N–H and O–H groups in total. The van der Waals surface area contributed by atoms with Crippen LogP contribution >= 0.6 is 0 Å². The summed E-state index contributed by atoms with van der Waals surface area (Å²) in [5, 5.41) is 12.1. The molecule has 0 aliphatic carbocycles. The van der Waals surface area contributed by atoms with Gasteiger partial charge in [-0.05, 0) is 12.3 Å². The van der Waals surface area contributed by atoms with Crippen LogP contribution < -0.4 is 5.32 Å². The van der Waals surface area contributed by atoms with Crippen molar-refractivity contribution in [2.45, 2.75) is 39.3 Å². The molecule has 0 spiro atoms. The quantitative estimate of drug-likeness (QED) is 0.726. The Hall–Kier alpha value is -1.10. The number of carboxylic acid groups (broad SMARTS) is 1. The van der Waals surface area contributed by atoms with Gasteiger partial charge in [-0.2, -0.15) is 0 Å². The molecule has 0 aromatic rings. The number of nitrogens with zero attached hydrogens (tertiary/aromatic N) is 1. The molecule has 1 aliphatic heterocycles. The zero-order valence-electron chi connectivity index (χ0n) is 10.1. The Bertz CT molecular complexity index is 278. The van der Waals surface area contributed by atoms with E-state index in [1.165, 1.54) is 4.90 Å². The third kappa shape index (κ3) is 2.95. The second kappa shape index (κ2) is 5.30. The maximum absolute atomic E-state index is 11.8. The maximum atomic E-state index is 11.8. The molecular weight excluding hydrogens is 208 g/mol. The second-order valence-electron chi connectivity index (χ2n) is 4.67. The van der Waals surface area contributed by atoms with Gasteiger partial charge in [-0.3, -0.25) is 4.79 Å². The smallest absolute Gasteiger partial charge is 0.326 e. The maximum Gasteiger partial charge on any atom is 0.326 e. The fourth-order valence-electron chi connectivity index (χ4n) is 2.00. The van der Waals surface area contributed by atoms with Crippen LogP contribution in [0.2, 0.25) is 0 Å². The van der Waals surface area contributed by atoms with E-state index in [9.17, 15) is 9.59 Å². The van der Waals surface area contributed by atoms with Crippen LogP contribution in [0.3, 0.4) is 0 Å². The number of nitrogens with one attached hydrogen (secondary N) is 1. The van der Waals surface area contributed by atoms with Crippen LogP contribution in [-0.2, 0) is 9.59 Å². The van der Waals surface area contributed by atoms with E-state index in [0.717, 1.165) is 6.42 Å². The van der Waals surface area contributed by atoms with E-state index < -0.39 is 12.0 Å². The molecular formula is C11H20N2O3. The molecule has 0 aromatic heterocycles. The first-order chi connectivity index (χ1) is 7.43. The van der Waals surface area contributed by atoms with Crippen molar-refractivity contribution in [1.29, 1.82) is 0 Å². The van der Waals surface area contributed by atoms with Crippen molar-refractivity contribution < 1.29 is 14.7 Å². The van der Waals surface area contributed by atoms with E-state index in [2.05, 4.69) is 5.32 Å². The number of aliphatic carboxylic acids is 1. The van der Waals surface area contributed by atoms with Gasteiger partial charge in [0.05, 0.1) is 6.54 Å². The number of carbonyl (C=O) groups excluding carboxylic acids is 1. The summed E-state index contributed by atoms with van der Waals surface area (Å²) in [5.74, 6) is -0.978. The van der Waals surface area contributed by atoms with Gasteiger partial charge >= 0.3 is 5.97 Å². The Morgan fingerprint density at radius 2 is 2.12 bits per heavy atom. The number of rotatable bonds is 4. The van der Waals surface area contributed by atoms with E-state index in [4.69, 9.17) is 5.11 Å². The van der Waals surface area contributed by atoms with Crippen molar-refractivity contribution in [1.82, 2.24) is 10.2 Å². The summed E-state index contributed by atoms with van der Waals surface area (Å²) in [6.45, 7) is 6.55. The van der Waals surface area contributed by atoms with Gasteiger partial charge in [0.25, 0.3) is 0 Å².